The van der Waals surface area contributed by atoms with Gasteiger partial charge in [0.15, 0.2) is 5.82 Å². The van der Waals surface area contributed by atoms with Crippen LogP contribution in [0.3, 0.4) is 0 Å². The third-order valence-electron chi connectivity index (χ3n) is 2.57. The number of anilines is 1. The van der Waals surface area contributed by atoms with Gasteiger partial charge >= 0.3 is 5.97 Å². The Hall–Kier alpha value is -2.18. The average molecular weight is 237 g/mol. The number of aromatic amines is 1. The number of aromatic nitrogens is 2. The van der Waals surface area contributed by atoms with E-state index in [1.54, 1.807) is 0 Å². The molecule has 0 aliphatic carbocycles. The van der Waals surface area contributed by atoms with E-state index in [9.17, 15) is 14.4 Å². The average Bonchev–Trinajstić information content (AvgIpc) is 2.65. The summed E-state index contributed by atoms with van der Waals surface area (Å²) in [6.07, 6.45) is 0.530. The van der Waals surface area contributed by atoms with Gasteiger partial charge in [0.2, 0.25) is 11.8 Å². The van der Waals surface area contributed by atoms with Gasteiger partial charge in [-0.2, -0.15) is 5.10 Å². The zero-order chi connectivity index (χ0) is 12.6. The van der Waals surface area contributed by atoms with Gasteiger partial charge < -0.3 is 5.11 Å². The summed E-state index contributed by atoms with van der Waals surface area (Å²) in [4.78, 5) is 35.0. The summed E-state index contributed by atoms with van der Waals surface area (Å²) in [6, 6.07) is 1.17. The van der Waals surface area contributed by atoms with Crippen LogP contribution < -0.4 is 4.90 Å². The number of carbonyl (C=O) groups excluding carboxylic acids is 2. The Kier molecular flexibility index (Phi) is 2.66. The molecule has 1 aliphatic rings. The van der Waals surface area contributed by atoms with Gasteiger partial charge in [-0.1, -0.05) is 6.92 Å². The largest absolute Gasteiger partial charge is 0.477 e. The number of nitrogens with one attached hydrogen (secondary N) is 1. The number of carboxylic acids is 1. The Morgan fingerprint density at radius 1 is 1.47 bits per heavy atom. The quantitative estimate of drug-likeness (QED) is 0.724. The molecule has 0 saturated carbocycles. The fourth-order valence-electron chi connectivity index (χ4n) is 1.78. The molecule has 2 N–H and O–H groups in total. The molecule has 1 aliphatic heterocycles. The van der Waals surface area contributed by atoms with Crippen molar-refractivity contribution in [3.63, 3.8) is 0 Å². The Bertz CT molecular complexity index is 475. The molecule has 2 amide bonds. The van der Waals surface area contributed by atoms with E-state index in [1.165, 1.54) is 6.07 Å². The van der Waals surface area contributed by atoms with Gasteiger partial charge in [0, 0.05) is 18.9 Å². The Morgan fingerprint density at radius 3 is 2.53 bits per heavy atom. The first-order chi connectivity index (χ1) is 7.99. The molecule has 2 rings (SSSR count). The minimum Gasteiger partial charge on any atom is -0.477 e. The van der Waals surface area contributed by atoms with E-state index in [1.807, 2.05) is 6.92 Å². The number of H-pyrrole nitrogens is 1. The second kappa shape index (κ2) is 4.00. The first-order valence-electron chi connectivity index (χ1n) is 5.13. The van der Waals surface area contributed by atoms with Crippen LogP contribution in [0.2, 0.25) is 0 Å². The molecule has 0 spiro atoms. The van der Waals surface area contributed by atoms with Crippen molar-refractivity contribution < 1.29 is 19.5 Å². The van der Waals surface area contributed by atoms with E-state index in [4.69, 9.17) is 5.11 Å². The van der Waals surface area contributed by atoms with E-state index in [0.29, 0.717) is 0 Å². The highest BCUT2D eigenvalue weighted by atomic mass is 16.4. The maximum absolute atomic E-state index is 11.7. The summed E-state index contributed by atoms with van der Waals surface area (Å²) in [6.45, 7) is 1.82. The van der Waals surface area contributed by atoms with Crippen molar-refractivity contribution in [2.75, 3.05) is 4.90 Å². The van der Waals surface area contributed by atoms with Gasteiger partial charge in [-0.15, -0.1) is 0 Å². The maximum atomic E-state index is 11.7. The van der Waals surface area contributed by atoms with E-state index in [-0.39, 0.29) is 42.1 Å². The number of aromatic carboxylic acids is 1. The molecule has 0 atom stereocenters. The molecule has 17 heavy (non-hydrogen) atoms. The first kappa shape index (κ1) is 11.3. The van der Waals surface area contributed by atoms with Crippen molar-refractivity contribution in [1.82, 2.24) is 10.2 Å². The van der Waals surface area contributed by atoms with Crippen molar-refractivity contribution >= 4 is 23.6 Å². The van der Waals surface area contributed by atoms with Gasteiger partial charge in [-0.3, -0.25) is 14.7 Å². The molecule has 1 aromatic rings. The van der Waals surface area contributed by atoms with Crippen LogP contribution in [-0.2, 0) is 9.59 Å². The lowest BCUT2D eigenvalue weighted by atomic mass is 9.98. The predicted octanol–water partition coefficient (Wildman–Crippen LogP) is 0.397. The molecule has 0 aromatic carbocycles. The number of nitrogens with zero attached hydrogens (tertiary/aromatic N) is 2. The Morgan fingerprint density at radius 2 is 2.06 bits per heavy atom. The molecule has 0 radical (unpaired) electrons. The van der Waals surface area contributed by atoms with Gasteiger partial charge in [0.1, 0.15) is 5.69 Å². The number of carbonyl (C=O) groups is 3. The van der Waals surface area contributed by atoms with E-state index in [2.05, 4.69) is 10.2 Å². The highest BCUT2D eigenvalue weighted by Crippen LogP contribution is 2.23. The lowest BCUT2D eigenvalue weighted by Gasteiger charge is -2.26. The van der Waals surface area contributed by atoms with Crippen LogP contribution in [0, 0.1) is 5.92 Å². The monoisotopic (exact) mass is 237 g/mol. The molecule has 1 saturated heterocycles. The number of rotatable bonds is 2. The number of hydrogen-bond acceptors (Lipinski definition) is 4. The highest BCUT2D eigenvalue weighted by molar-refractivity contribution is 6.16. The SMILES string of the molecule is CC1CC(=O)N(c2cc(C(=O)O)[nH]n2)C(=O)C1. The van der Waals surface area contributed by atoms with Crippen molar-refractivity contribution in [3.8, 4) is 0 Å². The van der Waals surface area contributed by atoms with E-state index in [0.717, 1.165) is 4.90 Å². The number of hydrogen-bond donors (Lipinski definition) is 2. The van der Waals surface area contributed by atoms with Crippen molar-refractivity contribution in [2.45, 2.75) is 19.8 Å². The molecule has 1 fully saturated rings. The zero-order valence-electron chi connectivity index (χ0n) is 9.14. The minimum atomic E-state index is -1.19. The summed E-state index contributed by atoms with van der Waals surface area (Å²) in [7, 11) is 0. The minimum absolute atomic E-state index is 0.0177. The Labute approximate surface area is 96.4 Å². The lowest BCUT2D eigenvalue weighted by Crippen LogP contribution is -2.43. The summed E-state index contributed by atoms with van der Waals surface area (Å²) in [5.74, 6) is -1.82. The Balaban J connectivity index is 2.29. The van der Waals surface area contributed by atoms with Crippen LogP contribution in [0.25, 0.3) is 0 Å². The van der Waals surface area contributed by atoms with Crippen LogP contribution >= 0.6 is 0 Å². The molecular weight excluding hydrogens is 226 g/mol. The smallest absolute Gasteiger partial charge is 0.353 e. The predicted molar refractivity (Wildman–Crippen MR) is 56.4 cm³/mol. The maximum Gasteiger partial charge on any atom is 0.353 e. The van der Waals surface area contributed by atoms with Gasteiger partial charge in [-0.25, -0.2) is 9.69 Å². The molecular formula is C10H11N3O4. The number of piperidine rings is 1. The van der Waals surface area contributed by atoms with E-state index >= 15 is 0 Å². The van der Waals surface area contributed by atoms with Gasteiger partial charge in [0.25, 0.3) is 0 Å². The summed E-state index contributed by atoms with van der Waals surface area (Å²) < 4.78 is 0. The zero-order valence-corrected chi connectivity index (χ0v) is 9.14. The summed E-state index contributed by atoms with van der Waals surface area (Å²) >= 11 is 0. The first-order valence-corrected chi connectivity index (χ1v) is 5.13. The van der Waals surface area contributed by atoms with Crippen molar-refractivity contribution in [2.24, 2.45) is 5.92 Å². The fraction of sp³-hybridized carbons (Fsp3) is 0.400. The molecule has 0 unspecified atom stereocenters. The number of imide groups is 1. The van der Waals surface area contributed by atoms with Crippen LogP contribution in [0.1, 0.15) is 30.3 Å². The molecule has 7 nitrogen and oxygen atoms in total. The summed E-state index contributed by atoms with van der Waals surface area (Å²) in [5.41, 5.74) is -0.153. The van der Waals surface area contributed by atoms with Crippen LogP contribution in [0.4, 0.5) is 5.82 Å². The van der Waals surface area contributed by atoms with Gasteiger partial charge in [0.05, 0.1) is 0 Å². The van der Waals surface area contributed by atoms with Crippen molar-refractivity contribution in [1.29, 1.82) is 0 Å². The number of amides is 2. The normalized spacial score (nSPS) is 17.6. The second-order valence-electron chi connectivity index (χ2n) is 4.08. The molecule has 1 aromatic heterocycles. The molecule has 7 heteroatoms. The van der Waals surface area contributed by atoms with Crippen LogP contribution in [0.15, 0.2) is 6.07 Å². The fourth-order valence-corrected chi connectivity index (χ4v) is 1.78. The third kappa shape index (κ3) is 2.03. The molecule has 2 heterocycles. The van der Waals surface area contributed by atoms with Crippen LogP contribution in [-0.4, -0.2) is 33.1 Å². The molecule has 90 valence electrons. The van der Waals surface area contributed by atoms with E-state index < -0.39 is 5.97 Å². The second-order valence-corrected chi connectivity index (χ2v) is 4.08. The topological polar surface area (TPSA) is 103 Å². The number of carboxylic acid groups (broad SMARTS) is 1. The lowest BCUT2D eigenvalue weighted by molar-refractivity contribution is -0.130. The molecule has 0 bridgehead atoms. The third-order valence-corrected chi connectivity index (χ3v) is 2.57. The summed E-state index contributed by atoms with van der Waals surface area (Å²) in [5, 5.41) is 14.6. The highest BCUT2D eigenvalue weighted by Gasteiger charge is 2.33. The van der Waals surface area contributed by atoms with Crippen LogP contribution in [0.5, 0.6) is 0 Å². The van der Waals surface area contributed by atoms with Crippen molar-refractivity contribution in [3.05, 3.63) is 11.8 Å². The standard InChI is InChI=1S/C10H11N3O4/c1-5-2-8(14)13(9(15)3-5)7-4-6(10(16)17)11-12-7/h4-5H,2-3H2,1H3,(H,11,12)(H,16,17). The van der Waals surface area contributed by atoms with Gasteiger partial charge in [-0.05, 0) is 5.92 Å².